The predicted molar refractivity (Wildman–Crippen MR) is 98.7 cm³/mol. The van der Waals surface area contributed by atoms with Crippen LogP contribution in [0.1, 0.15) is 18.1 Å². The van der Waals surface area contributed by atoms with Crippen molar-refractivity contribution in [2.75, 3.05) is 11.9 Å². The van der Waals surface area contributed by atoms with E-state index in [-0.39, 0.29) is 18.4 Å². The number of aromatic nitrogens is 2. The van der Waals surface area contributed by atoms with Gasteiger partial charge in [-0.1, -0.05) is 30.3 Å². The summed E-state index contributed by atoms with van der Waals surface area (Å²) in [6, 6.07) is 15.6. The minimum Gasteiger partial charge on any atom is -0.494 e. The Morgan fingerprint density at radius 3 is 2.32 bits per heavy atom. The van der Waals surface area contributed by atoms with Crippen LogP contribution in [0.15, 0.2) is 60.8 Å². The number of alkyl halides is 3. The summed E-state index contributed by atoms with van der Waals surface area (Å²) in [6.07, 6.45) is -3.89. The van der Waals surface area contributed by atoms with E-state index in [2.05, 4.69) is 15.3 Å². The van der Waals surface area contributed by atoms with Crippen LogP contribution in [0.4, 0.5) is 24.7 Å². The molecule has 0 aliphatic rings. The van der Waals surface area contributed by atoms with Crippen molar-refractivity contribution < 1.29 is 22.6 Å². The average Bonchev–Trinajstić information content (AvgIpc) is 2.68. The maximum atomic E-state index is 13.3. The number of hydrogen-bond donors (Lipinski definition) is 1. The van der Waals surface area contributed by atoms with E-state index in [0.29, 0.717) is 24.2 Å². The Hall–Kier alpha value is -3.29. The summed E-state index contributed by atoms with van der Waals surface area (Å²) in [6.45, 7) is 2.49. The van der Waals surface area contributed by atoms with Crippen LogP contribution in [0.25, 0.3) is 0 Å². The van der Waals surface area contributed by atoms with E-state index in [0.717, 1.165) is 5.56 Å². The topological polar surface area (TPSA) is 56.3 Å². The third-order valence-electron chi connectivity index (χ3n) is 3.71. The number of nitrogens with one attached hydrogen (secondary N) is 1. The summed E-state index contributed by atoms with van der Waals surface area (Å²) in [4.78, 5) is 7.60. The van der Waals surface area contributed by atoms with Crippen molar-refractivity contribution in [1.82, 2.24) is 9.97 Å². The molecule has 0 unspecified atom stereocenters. The van der Waals surface area contributed by atoms with Gasteiger partial charge >= 0.3 is 12.2 Å². The lowest BCUT2D eigenvalue weighted by Crippen LogP contribution is -2.12. The molecule has 0 aliphatic heterocycles. The second-order valence-corrected chi connectivity index (χ2v) is 5.77. The van der Waals surface area contributed by atoms with E-state index < -0.39 is 11.7 Å². The van der Waals surface area contributed by atoms with Crippen LogP contribution in [0.5, 0.6) is 11.8 Å². The van der Waals surface area contributed by atoms with Gasteiger partial charge in [0.05, 0.1) is 6.61 Å². The van der Waals surface area contributed by atoms with Gasteiger partial charge in [-0.3, -0.25) is 0 Å². The molecule has 1 aromatic heterocycles. The quantitative estimate of drug-likeness (QED) is 0.601. The first kappa shape index (κ1) is 19.5. The van der Waals surface area contributed by atoms with Crippen molar-refractivity contribution in [3.05, 3.63) is 71.9 Å². The first-order valence-electron chi connectivity index (χ1n) is 8.56. The smallest absolute Gasteiger partial charge is 0.421 e. The zero-order valence-corrected chi connectivity index (χ0v) is 15.0. The number of ether oxygens (including phenoxy) is 2. The molecule has 28 heavy (non-hydrogen) atoms. The first-order valence-corrected chi connectivity index (χ1v) is 8.56. The predicted octanol–water partition coefficient (Wildman–Crippen LogP) is 5.22. The van der Waals surface area contributed by atoms with Gasteiger partial charge < -0.3 is 14.8 Å². The lowest BCUT2D eigenvalue weighted by molar-refractivity contribution is -0.137. The van der Waals surface area contributed by atoms with Crippen LogP contribution in [0.2, 0.25) is 0 Å². The van der Waals surface area contributed by atoms with Crippen LogP contribution >= 0.6 is 0 Å². The van der Waals surface area contributed by atoms with Gasteiger partial charge in [-0.2, -0.15) is 18.2 Å². The van der Waals surface area contributed by atoms with Crippen molar-refractivity contribution in [2.24, 2.45) is 0 Å². The Labute approximate surface area is 160 Å². The molecule has 0 saturated heterocycles. The minimum absolute atomic E-state index is 0.148. The highest BCUT2D eigenvalue weighted by atomic mass is 19.4. The Morgan fingerprint density at radius 2 is 1.68 bits per heavy atom. The molecule has 1 N–H and O–H groups in total. The molecule has 0 radical (unpaired) electrons. The molecule has 0 spiro atoms. The summed E-state index contributed by atoms with van der Waals surface area (Å²) >= 11 is 0. The molecule has 3 rings (SSSR count). The molecular formula is C20H18F3N3O2. The number of hydrogen-bond acceptors (Lipinski definition) is 5. The summed E-state index contributed by atoms with van der Waals surface area (Å²) in [5.74, 6) is 0.244. The third kappa shape index (κ3) is 5.12. The minimum atomic E-state index is -4.61. The van der Waals surface area contributed by atoms with Crippen LogP contribution in [0, 0.1) is 0 Å². The Bertz CT molecular complexity index is 901. The van der Waals surface area contributed by atoms with Crippen LogP contribution < -0.4 is 14.8 Å². The molecule has 8 heteroatoms. The van der Waals surface area contributed by atoms with E-state index in [9.17, 15) is 13.2 Å². The maximum Gasteiger partial charge on any atom is 0.421 e. The highest BCUT2D eigenvalue weighted by Crippen LogP contribution is 2.35. The van der Waals surface area contributed by atoms with Crippen LogP contribution in [-0.2, 0) is 12.8 Å². The SMILES string of the molecule is CCOc1ccc(Nc2nc(OCc3ccccc3)ncc2C(F)(F)F)cc1. The highest BCUT2D eigenvalue weighted by molar-refractivity contribution is 5.60. The molecular weight excluding hydrogens is 371 g/mol. The Balaban J connectivity index is 1.81. The van der Waals surface area contributed by atoms with Gasteiger partial charge in [-0.05, 0) is 36.8 Å². The molecule has 0 saturated carbocycles. The average molecular weight is 389 g/mol. The molecule has 0 amide bonds. The normalized spacial score (nSPS) is 11.1. The standard InChI is InChI=1S/C20H18F3N3O2/c1-2-27-16-10-8-15(9-11-16)25-18-17(20(21,22)23)12-24-19(26-18)28-13-14-6-4-3-5-7-14/h3-12H,2,13H2,1H3,(H,24,25,26). The van der Waals surface area contributed by atoms with E-state index in [1.165, 1.54) is 0 Å². The van der Waals surface area contributed by atoms with E-state index in [4.69, 9.17) is 9.47 Å². The summed E-state index contributed by atoms with van der Waals surface area (Å²) in [5, 5.41) is 2.68. The molecule has 0 fully saturated rings. The van der Waals surface area contributed by atoms with Crippen molar-refractivity contribution in [2.45, 2.75) is 19.7 Å². The molecule has 0 atom stereocenters. The van der Waals surface area contributed by atoms with Gasteiger partial charge in [0.15, 0.2) is 0 Å². The third-order valence-corrected chi connectivity index (χ3v) is 3.71. The van der Waals surface area contributed by atoms with Gasteiger partial charge in [0, 0.05) is 11.9 Å². The second-order valence-electron chi connectivity index (χ2n) is 5.77. The number of benzene rings is 2. The molecule has 0 aliphatic carbocycles. The maximum absolute atomic E-state index is 13.3. The first-order chi connectivity index (χ1) is 13.5. The zero-order chi connectivity index (χ0) is 20.0. The van der Waals surface area contributed by atoms with E-state index in [1.54, 1.807) is 24.3 Å². The molecule has 3 aromatic rings. The van der Waals surface area contributed by atoms with Crippen LogP contribution in [-0.4, -0.2) is 16.6 Å². The van der Waals surface area contributed by atoms with Crippen molar-refractivity contribution in [1.29, 1.82) is 0 Å². The molecule has 1 heterocycles. The van der Waals surface area contributed by atoms with Crippen molar-refractivity contribution in [3.8, 4) is 11.8 Å². The summed E-state index contributed by atoms with van der Waals surface area (Å²) < 4.78 is 50.7. The van der Waals surface area contributed by atoms with Crippen molar-refractivity contribution in [3.63, 3.8) is 0 Å². The van der Waals surface area contributed by atoms with E-state index in [1.807, 2.05) is 37.3 Å². The van der Waals surface area contributed by atoms with Gasteiger partial charge in [0.25, 0.3) is 0 Å². The Morgan fingerprint density at radius 1 is 0.964 bits per heavy atom. The number of rotatable bonds is 7. The summed E-state index contributed by atoms with van der Waals surface area (Å²) in [5.41, 5.74) is 0.308. The zero-order valence-electron chi connectivity index (χ0n) is 15.0. The molecule has 5 nitrogen and oxygen atoms in total. The largest absolute Gasteiger partial charge is 0.494 e. The fraction of sp³-hybridized carbons (Fsp3) is 0.200. The monoisotopic (exact) mass is 389 g/mol. The Kier molecular flexibility index (Phi) is 5.98. The fourth-order valence-corrected chi connectivity index (χ4v) is 2.40. The molecule has 146 valence electrons. The molecule has 2 aromatic carbocycles. The summed E-state index contributed by atoms with van der Waals surface area (Å²) in [7, 11) is 0. The molecule has 0 bridgehead atoms. The lowest BCUT2D eigenvalue weighted by Gasteiger charge is -2.15. The fourth-order valence-electron chi connectivity index (χ4n) is 2.40. The number of nitrogens with zero attached hydrogens (tertiary/aromatic N) is 2. The second kappa shape index (κ2) is 8.60. The lowest BCUT2D eigenvalue weighted by atomic mass is 10.2. The number of anilines is 2. The highest BCUT2D eigenvalue weighted by Gasteiger charge is 2.35. The van der Waals surface area contributed by atoms with Gasteiger partial charge in [0.1, 0.15) is 23.7 Å². The van der Waals surface area contributed by atoms with E-state index >= 15 is 0 Å². The van der Waals surface area contributed by atoms with Crippen LogP contribution in [0.3, 0.4) is 0 Å². The van der Waals surface area contributed by atoms with Crippen molar-refractivity contribution >= 4 is 11.5 Å². The van der Waals surface area contributed by atoms with Gasteiger partial charge in [-0.25, -0.2) is 4.98 Å². The number of halogens is 3. The van der Waals surface area contributed by atoms with Gasteiger partial charge in [-0.15, -0.1) is 0 Å². The van der Waals surface area contributed by atoms with Gasteiger partial charge in [0.2, 0.25) is 0 Å².